The van der Waals surface area contributed by atoms with Gasteiger partial charge in [0, 0.05) is 50.2 Å². The highest BCUT2D eigenvalue weighted by Gasteiger charge is 2.26. The van der Waals surface area contributed by atoms with E-state index in [4.69, 9.17) is 0 Å². The molecule has 0 N–H and O–H groups in total. The van der Waals surface area contributed by atoms with Crippen molar-refractivity contribution in [1.82, 2.24) is 9.29 Å². The maximum Gasteiger partial charge on any atom is 0.214 e. The van der Waals surface area contributed by atoms with Crippen LogP contribution in [0.5, 0.6) is 0 Å². The van der Waals surface area contributed by atoms with Gasteiger partial charge in [0.2, 0.25) is 10.0 Å². The number of hydrogen-bond donors (Lipinski definition) is 0. The first-order valence-corrected chi connectivity index (χ1v) is 9.85. The highest BCUT2D eigenvalue weighted by Crippen LogP contribution is 2.19. The molecule has 0 amide bonds. The Balaban J connectivity index is 1.57. The van der Waals surface area contributed by atoms with Crippen LogP contribution >= 0.6 is 0 Å². The van der Waals surface area contributed by atoms with Gasteiger partial charge in [-0.1, -0.05) is 18.2 Å². The van der Waals surface area contributed by atoms with Crippen LogP contribution in [0.4, 0.5) is 5.69 Å². The number of piperazine rings is 1. The molecule has 1 aliphatic rings. The topological polar surface area (TPSA) is 53.5 Å². The van der Waals surface area contributed by atoms with E-state index in [1.54, 1.807) is 10.5 Å². The molecule has 1 aliphatic heterocycles. The second kappa shape index (κ2) is 7.32. The Bertz CT molecular complexity index is 770. The average molecular weight is 345 g/mol. The Morgan fingerprint density at radius 3 is 2.50 bits per heavy atom. The molecule has 128 valence electrons. The number of pyridine rings is 1. The maximum absolute atomic E-state index is 12.5. The largest absolute Gasteiger partial charge is 0.369 e. The minimum atomic E-state index is -3.23. The summed E-state index contributed by atoms with van der Waals surface area (Å²) >= 11 is 0. The predicted molar refractivity (Wildman–Crippen MR) is 96.7 cm³/mol. The lowest BCUT2D eigenvalue weighted by Crippen LogP contribution is -2.49. The van der Waals surface area contributed by atoms with E-state index >= 15 is 0 Å². The molecule has 1 saturated heterocycles. The molecular weight excluding hydrogens is 322 g/mol. The molecule has 2 aromatic rings. The van der Waals surface area contributed by atoms with Crippen LogP contribution < -0.4 is 4.90 Å². The monoisotopic (exact) mass is 345 g/mol. The Morgan fingerprint density at radius 1 is 1.04 bits per heavy atom. The lowest BCUT2D eigenvalue weighted by Gasteiger charge is -2.35. The van der Waals surface area contributed by atoms with E-state index in [1.165, 1.54) is 11.3 Å². The van der Waals surface area contributed by atoms with Crippen LogP contribution in [-0.2, 0) is 16.4 Å². The summed E-state index contributed by atoms with van der Waals surface area (Å²) in [5.41, 5.74) is 3.21. The molecule has 1 aromatic heterocycles. The first kappa shape index (κ1) is 16.9. The predicted octanol–water partition coefficient (Wildman–Crippen LogP) is 2.08. The molecular formula is C18H23N3O2S. The summed E-state index contributed by atoms with van der Waals surface area (Å²) in [4.78, 5) is 6.44. The molecule has 0 aliphatic carbocycles. The molecule has 0 saturated carbocycles. The first-order valence-electron chi connectivity index (χ1n) is 8.24. The van der Waals surface area contributed by atoms with Crippen molar-refractivity contribution in [2.75, 3.05) is 36.8 Å². The molecule has 2 heterocycles. The first-order chi connectivity index (χ1) is 11.5. The zero-order chi connectivity index (χ0) is 17.0. The van der Waals surface area contributed by atoms with Crippen molar-refractivity contribution < 1.29 is 8.42 Å². The Labute approximate surface area is 144 Å². The van der Waals surface area contributed by atoms with Crippen molar-refractivity contribution >= 4 is 15.7 Å². The lowest BCUT2D eigenvalue weighted by atomic mass is 10.2. The summed E-state index contributed by atoms with van der Waals surface area (Å²) in [5, 5.41) is 0. The van der Waals surface area contributed by atoms with Crippen molar-refractivity contribution in [1.29, 1.82) is 0 Å². The van der Waals surface area contributed by atoms with Crippen molar-refractivity contribution in [3.05, 3.63) is 59.9 Å². The third-order valence-corrected chi connectivity index (χ3v) is 6.21. The van der Waals surface area contributed by atoms with Gasteiger partial charge in [-0.3, -0.25) is 4.98 Å². The fourth-order valence-electron chi connectivity index (χ4n) is 2.96. The van der Waals surface area contributed by atoms with E-state index in [1.807, 2.05) is 24.3 Å². The fraction of sp³-hybridized carbons (Fsp3) is 0.389. The summed E-state index contributed by atoms with van der Waals surface area (Å²) in [6.07, 6.45) is 2.16. The summed E-state index contributed by atoms with van der Waals surface area (Å²) in [6, 6.07) is 13.9. The normalized spacial score (nSPS) is 16.3. The van der Waals surface area contributed by atoms with Gasteiger partial charge in [-0.15, -0.1) is 0 Å². The summed E-state index contributed by atoms with van der Waals surface area (Å²) in [7, 11) is -3.23. The van der Waals surface area contributed by atoms with Crippen LogP contribution in [0.1, 0.15) is 11.3 Å². The molecule has 5 nitrogen and oxygen atoms in total. The number of benzene rings is 1. The maximum atomic E-state index is 12.5. The van der Waals surface area contributed by atoms with Crippen molar-refractivity contribution in [2.45, 2.75) is 13.3 Å². The van der Waals surface area contributed by atoms with Crippen molar-refractivity contribution in [3.8, 4) is 0 Å². The van der Waals surface area contributed by atoms with Crippen molar-refractivity contribution in [2.24, 2.45) is 0 Å². The van der Waals surface area contributed by atoms with E-state index in [0.717, 1.165) is 18.8 Å². The van der Waals surface area contributed by atoms with E-state index in [2.05, 4.69) is 35.0 Å². The zero-order valence-corrected chi connectivity index (χ0v) is 14.7. The fourth-order valence-corrected chi connectivity index (χ4v) is 4.40. The molecule has 6 heteroatoms. The molecule has 0 spiro atoms. The van der Waals surface area contributed by atoms with Crippen molar-refractivity contribution in [3.63, 3.8) is 0 Å². The van der Waals surface area contributed by atoms with Gasteiger partial charge in [0.05, 0.1) is 5.75 Å². The van der Waals surface area contributed by atoms with Crippen LogP contribution in [0.15, 0.2) is 48.7 Å². The van der Waals surface area contributed by atoms with Gasteiger partial charge in [0.25, 0.3) is 0 Å². The van der Waals surface area contributed by atoms with E-state index in [-0.39, 0.29) is 5.75 Å². The van der Waals surface area contributed by atoms with Crippen LogP contribution in [0.3, 0.4) is 0 Å². The number of anilines is 1. The van der Waals surface area contributed by atoms with E-state index in [0.29, 0.717) is 19.5 Å². The van der Waals surface area contributed by atoms with Gasteiger partial charge in [-0.2, -0.15) is 4.31 Å². The van der Waals surface area contributed by atoms with E-state index in [9.17, 15) is 8.42 Å². The van der Waals surface area contributed by atoms with Gasteiger partial charge in [-0.25, -0.2) is 8.42 Å². The third-order valence-electron chi connectivity index (χ3n) is 4.34. The third kappa shape index (κ3) is 4.13. The highest BCUT2D eigenvalue weighted by atomic mass is 32.2. The minimum Gasteiger partial charge on any atom is -0.369 e. The minimum absolute atomic E-state index is 0.120. The van der Waals surface area contributed by atoms with Crippen LogP contribution in [-0.4, -0.2) is 49.6 Å². The second-order valence-corrected chi connectivity index (χ2v) is 8.20. The van der Waals surface area contributed by atoms with Gasteiger partial charge >= 0.3 is 0 Å². The molecule has 0 unspecified atom stereocenters. The average Bonchev–Trinajstić information content (AvgIpc) is 2.61. The highest BCUT2D eigenvalue weighted by molar-refractivity contribution is 7.89. The van der Waals surface area contributed by atoms with Gasteiger partial charge < -0.3 is 4.90 Å². The quantitative estimate of drug-likeness (QED) is 0.833. The van der Waals surface area contributed by atoms with E-state index < -0.39 is 10.0 Å². The standard InChI is InChI=1S/C18H23N3O2S/c1-16-5-4-7-18(15-16)20-10-12-21(13-11-20)24(22,23)14-8-17-6-2-3-9-19-17/h2-7,9,15H,8,10-14H2,1H3. The van der Waals surface area contributed by atoms with Crippen LogP contribution in [0, 0.1) is 6.92 Å². The number of aryl methyl sites for hydroxylation is 2. The Hall–Kier alpha value is -1.92. The summed E-state index contributed by atoms with van der Waals surface area (Å²) in [6.45, 7) is 4.61. The van der Waals surface area contributed by atoms with Gasteiger partial charge in [0.15, 0.2) is 0 Å². The lowest BCUT2D eigenvalue weighted by molar-refractivity contribution is 0.385. The number of rotatable bonds is 5. The molecule has 3 rings (SSSR count). The SMILES string of the molecule is Cc1cccc(N2CCN(S(=O)(=O)CCc3ccccn3)CC2)c1. The summed E-state index contributed by atoms with van der Waals surface area (Å²) in [5.74, 6) is 0.120. The smallest absolute Gasteiger partial charge is 0.214 e. The van der Waals surface area contributed by atoms with Crippen LogP contribution in [0.2, 0.25) is 0 Å². The molecule has 0 bridgehead atoms. The number of nitrogens with zero attached hydrogens (tertiary/aromatic N) is 3. The molecule has 1 aromatic carbocycles. The number of sulfonamides is 1. The zero-order valence-electron chi connectivity index (χ0n) is 13.9. The molecule has 0 atom stereocenters. The molecule has 24 heavy (non-hydrogen) atoms. The molecule has 1 fully saturated rings. The number of hydrogen-bond acceptors (Lipinski definition) is 4. The summed E-state index contributed by atoms with van der Waals surface area (Å²) < 4.78 is 26.7. The van der Waals surface area contributed by atoms with Gasteiger partial charge in [-0.05, 0) is 36.8 Å². The van der Waals surface area contributed by atoms with Crippen LogP contribution in [0.25, 0.3) is 0 Å². The molecule has 0 radical (unpaired) electrons. The second-order valence-electron chi connectivity index (χ2n) is 6.11. The van der Waals surface area contributed by atoms with Gasteiger partial charge in [0.1, 0.15) is 0 Å². The number of aromatic nitrogens is 1. The Kier molecular flexibility index (Phi) is 5.16. The Morgan fingerprint density at radius 2 is 1.83 bits per heavy atom.